The summed E-state index contributed by atoms with van der Waals surface area (Å²) < 4.78 is 27.5. The van der Waals surface area contributed by atoms with Gasteiger partial charge in [0.1, 0.15) is 23.2 Å². The highest BCUT2D eigenvalue weighted by molar-refractivity contribution is 6.13. The van der Waals surface area contributed by atoms with Gasteiger partial charge in [-0.2, -0.15) is 0 Å². The molecule has 0 amide bonds. The van der Waals surface area contributed by atoms with E-state index < -0.39 is 35.5 Å². The number of Topliss-reactive ketones (excluding diaryl/α,β-unsaturated/α-hetero) is 1. The van der Waals surface area contributed by atoms with Crippen molar-refractivity contribution in [1.29, 1.82) is 0 Å². The van der Waals surface area contributed by atoms with Crippen molar-refractivity contribution in [2.24, 2.45) is 5.92 Å². The van der Waals surface area contributed by atoms with Gasteiger partial charge in [0, 0.05) is 34.5 Å². The third kappa shape index (κ3) is 5.15. The molecule has 9 nitrogen and oxygen atoms in total. The highest BCUT2D eigenvalue weighted by Gasteiger charge is 2.50. The monoisotopic (exact) mass is 549 g/mol. The summed E-state index contributed by atoms with van der Waals surface area (Å²) in [6.07, 6.45) is 0.313. The van der Waals surface area contributed by atoms with E-state index in [1.54, 1.807) is 59.3 Å². The zero-order valence-corrected chi connectivity index (χ0v) is 23.7. The van der Waals surface area contributed by atoms with Crippen molar-refractivity contribution in [1.82, 2.24) is 5.32 Å². The van der Waals surface area contributed by atoms with E-state index in [0.717, 1.165) is 5.56 Å². The fourth-order valence-electron chi connectivity index (χ4n) is 5.65. The highest BCUT2D eigenvalue weighted by atomic mass is 16.5. The maximum absolute atomic E-state index is 14.5. The first kappa shape index (κ1) is 28.7. The lowest BCUT2D eigenvalue weighted by Crippen LogP contribution is -2.43. The van der Waals surface area contributed by atoms with Gasteiger partial charge in [-0.05, 0) is 44.9 Å². The Morgan fingerprint density at radius 3 is 2.25 bits per heavy atom. The van der Waals surface area contributed by atoms with Gasteiger partial charge >= 0.3 is 11.9 Å². The Kier molecular flexibility index (Phi) is 8.82. The number of dihydropyridines is 1. The number of benzene rings is 2. The number of rotatable bonds is 9. The molecule has 0 fully saturated rings. The van der Waals surface area contributed by atoms with Gasteiger partial charge in [0.2, 0.25) is 0 Å². The highest BCUT2D eigenvalue weighted by Crippen LogP contribution is 2.51. The molecule has 0 saturated carbocycles. The van der Waals surface area contributed by atoms with E-state index in [0.29, 0.717) is 46.2 Å². The number of carbonyl (C=O) groups excluding carboxylic acids is 3. The number of hydrogen-bond donors (Lipinski definition) is 1. The minimum Gasteiger partial charge on any atom is -0.497 e. The average Bonchev–Trinajstić information content (AvgIpc) is 2.96. The van der Waals surface area contributed by atoms with E-state index in [9.17, 15) is 14.4 Å². The summed E-state index contributed by atoms with van der Waals surface area (Å²) in [5.41, 5.74) is 3.06. The van der Waals surface area contributed by atoms with Gasteiger partial charge in [0.05, 0.1) is 46.0 Å². The Bertz CT molecular complexity index is 1380. The van der Waals surface area contributed by atoms with Crippen LogP contribution in [0.2, 0.25) is 0 Å². The normalized spacial score (nSPS) is 20.4. The quantitative estimate of drug-likeness (QED) is 0.359. The second kappa shape index (κ2) is 12.3. The molecule has 9 heteroatoms. The molecule has 1 N–H and O–H groups in total. The van der Waals surface area contributed by atoms with E-state index in [1.807, 2.05) is 18.2 Å². The third-order valence-corrected chi connectivity index (χ3v) is 7.35. The van der Waals surface area contributed by atoms with Crippen LogP contribution in [0.4, 0.5) is 0 Å². The first-order valence-electron chi connectivity index (χ1n) is 13.2. The van der Waals surface area contributed by atoms with Crippen molar-refractivity contribution in [2.75, 3.05) is 34.5 Å². The lowest BCUT2D eigenvalue weighted by Gasteiger charge is -2.40. The second-order valence-electron chi connectivity index (χ2n) is 9.46. The third-order valence-electron chi connectivity index (χ3n) is 7.35. The SMILES string of the molecule is CCOC(=O)C1=C(C)NC2=C(C(=O)[C@@H](C(=O)OCC)[C@H](c3ccccc3OC)C2)[C@@H]1c1ccc(OC)cc1OC. The van der Waals surface area contributed by atoms with Crippen molar-refractivity contribution in [2.45, 2.75) is 39.0 Å². The molecular weight excluding hydrogens is 514 g/mol. The first-order valence-corrected chi connectivity index (χ1v) is 13.2. The Morgan fingerprint density at radius 1 is 0.900 bits per heavy atom. The Balaban J connectivity index is 1.96. The predicted molar refractivity (Wildman–Crippen MR) is 147 cm³/mol. The molecule has 1 aliphatic carbocycles. The smallest absolute Gasteiger partial charge is 0.336 e. The van der Waals surface area contributed by atoms with Gasteiger partial charge in [-0.3, -0.25) is 9.59 Å². The van der Waals surface area contributed by atoms with Crippen LogP contribution < -0.4 is 19.5 Å². The van der Waals surface area contributed by atoms with Gasteiger partial charge in [-0.25, -0.2) is 4.79 Å². The molecule has 4 rings (SSSR count). The standard InChI is InChI=1S/C31H35NO8/c1-7-39-30(34)25-17(3)32-22-16-21(19-11-9-10-12-23(19)37-5)27(31(35)40-8-2)29(33)28(22)26(25)20-14-13-18(36-4)15-24(20)38-6/h9-15,21,26-27,32H,7-8,16H2,1-6H3/t21-,26+,27-/m0/s1. The van der Waals surface area contributed by atoms with E-state index >= 15 is 0 Å². The van der Waals surface area contributed by atoms with E-state index in [-0.39, 0.29) is 18.8 Å². The molecule has 0 saturated heterocycles. The molecule has 0 radical (unpaired) electrons. The number of para-hydroxylation sites is 1. The number of carbonyl (C=O) groups is 3. The van der Waals surface area contributed by atoms with Crippen LogP contribution in [-0.4, -0.2) is 52.3 Å². The largest absolute Gasteiger partial charge is 0.497 e. The van der Waals surface area contributed by atoms with Crippen molar-refractivity contribution in [3.63, 3.8) is 0 Å². The number of esters is 2. The van der Waals surface area contributed by atoms with Crippen LogP contribution in [0.25, 0.3) is 0 Å². The number of ketones is 1. The molecule has 40 heavy (non-hydrogen) atoms. The number of allylic oxidation sites excluding steroid dienone is 3. The molecule has 0 spiro atoms. The van der Waals surface area contributed by atoms with Crippen LogP contribution in [-0.2, 0) is 23.9 Å². The summed E-state index contributed by atoms with van der Waals surface area (Å²) >= 11 is 0. The summed E-state index contributed by atoms with van der Waals surface area (Å²) in [5.74, 6) is -2.61. The summed E-state index contributed by atoms with van der Waals surface area (Å²) in [5, 5.41) is 3.31. The Hall–Kier alpha value is -4.27. The minimum atomic E-state index is -1.15. The molecule has 2 aromatic rings. The second-order valence-corrected chi connectivity index (χ2v) is 9.46. The maximum Gasteiger partial charge on any atom is 0.336 e. The zero-order chi connectivity index (χ0) is 29.0. The van der Waals surface area contributed by atoms with Gasteiger partial charge < -0.3 is 29.0 Å². The van der Waals surface area contributed by atoms with Crippen molar-refractivity contribution >= 4 is 17.7 Å². The Morgan fingerprint density at radius 2 is 1.60 bits per heavy atom. The van der Waals surface area contributed by atoms with Gasteiger partial charge in [-0.1, -0.05) is 24.3 Å². The van der Waals surface area contributed by atoms with E-state index in [2.05, 4.69) is 5.32 Å². The molecule has 1 heterocycles. The van der Waals surface area contributed by atoms with Gasteiger partial charge in [-0.15, -0.1) is 0 Å². The number of nitrogens with one attached hydrogen (secondary N) is 1. The molecule has 2 aliphatic rings. The van der Waals surface area contributed by atoms with E-state index in [1.165, 1.54) is 7.11 Å². The number of hydrogen-bond acceptors (Lipinski definition) is 9. The van der Waals surface area contributed by atoms with Crippen LogP contribution >= 0.6 is 0 Å². The van der Waals surface area contributed by atoms with Crippen molar-refractivity contribution in [3.05, 3.63) is 76.1 Å². The minimum absolute atomic E-state index is 0.119. The summed E-state index contributed by atoms with van der Waals surface area (Å²) in [7, 11) is 4.61. The Labute approximate surface area is 234 Å². The van der Waals surface area contributed by atoms with Gasteiger partial charge in [0.15, 0.2) is 5.78 Å². The average molecular weight is 550 g/mol. The number of methoxy groups -OCH3 is 3. The number of ether oxygens (including phenoxy) is 5. The molecule has 1 aliphatic heterocycles. The summed E-state index contributed by atoms with van der Waals surface area (Å²) in [4.78, 5) is 41.3. The molecule has 0 unspecified atom stereocenters. The summed E-state index contributed by atoms with van der Waals surface area (Å²) in [6.45, 7) is 5.47. The topological polar surface area (TPSA) is 109 Å². The van der Waals surface area contributed by atoms with Crippen molar-refractivity contribution in [3.8, 4) is 17.2 Å². The van der Waals surface area contributed by atoms with Crippen molar-refractivity contribution < 1.29 is 38.1 Å². The maximum atomic E-state index is 14.5. The lowest BCUT2D eigenvalue weighted by atomic mass is 9.67. The molecule has 0 aromatic heterocycles. The van der Waals surface area contributed by atoms with Crippen LogP contribution in [0.1, 0.15) is 50.2 Å². The fourth-order valence-corrected chi connectivity index (χ4v) is 5.65. The molecule has 212 valence electrons. The van der Waals surface area contributed by atoms with E-state index in [4.69, 9.17) is 23.7 Å². The summed E-state index contributed by atoms with van der Waals surface area (Å²) in [6, 6.07) is 12.5. The first-order chi connectivity index (χ1) is 19.3. The molecule has 2 aromatic carbocycles. The lowest BCUT2D eigenvalue weighted by molar-refractivity contribution is -0.152. The van der Waals surface area contributed by atoms with Crippen LogP contribution in [0.5, 0.6) is 17.2 Å². The van der Waals surface area contributed by atoms with Crippen LogP contribution in [0, 0.1) is 5.92 Å². The van der Waals surface area contributed by atoms with Crippen LogP contribution in [0.15, 0.2) is 65.0 Å². The fraction of sp³-hybridized carbons (Fsp3) is 0.387. The molecule has 3 atom stereocenters. The molecule has 0 bridgehead atoms. The zero-order valence-electron chi connectivity index (χ0n) is 23.7. The van der Waals surface area contributed by atoms with Gasteiger partial charge in [0.25, 0.3) is 0 Å². The predicted octanol–water partition coefficient (Wildman–Crippen LogP) is 4.43. The molecular formula is C31H35NO8. The van der Waals surface area contributed by atoms with Crippen LogP contribution in [0.3, 0.4) is 0 Å².